The lowest BCUT2D eigenvalue weighted by molar-refractivity contribution is -0.168. The monoisotopic (exact) mass is 596 g/mol. The Balaban J connectivity index is 1.56. The molecule has 0 aliphatic heterocycles. The van der Waals surface area contributed by atoms with Crippen molar-refractivity contribution >= 4 is 40.8 Å². The maximum Gasteiger partial charge on any atom is 0.311 e. The van der Waals surface area contributed by atoms with E-state index in [0.717, 1.165) is 24.7 Å². The molecule has 0 amide bonds. The van der Waals surface area contributed by atoms with Gasteiger partial charge in [-0.1, -0.05) is 99.1 Å². The predicted molar refractivity (Wildman–Crippen MR) is 166 cm³/mol. The van der Waals surface area contributed by atoms with Gasteiger partial charge in [-0.25, -0.2) is 0 Å². The number of esters is 1. The van der Waals surface area contributed by atoms with Crippen LogP contribution >= 0.6 is 34.8 Å². The molecule has 0 aromatic heterocycles. The summed E-state index contributed by atoms with van der Waals surface area (Å²) in [6, 6.07) is 0. The summed E-state index contributed by atoms with van der Waals surface area (Å²) < 4.78 is 5.99. The molecule has 2 fully saturated rings. The van der Waals surface area contributed by atoms with Crippen LogP contribution in [0.25, 0.3) is 0 Å². The van der Waals surface area contributed by atoms with Crippen molar-refractivity contribution in [2.24, 2.45) is 39.4 Å². The van der Waals surface area contributed by atoms with Crippen molar-refractivity contribution in [2.75, 3.05) is 0 Å². The Morgan fingerprint density at radius 3 is 2.31 bits per heavy atom. The second-order valence-corrected chi connectivity index (χ2v) is 16.3. The van der Waals surface area contributed by atoms with Gasteiger partial charge < -0.3 is 4.74 Å². The van der Waals surface area contributed by atoms with Crippen LogP contribution in [0.1, 0.15) is 126 Å². The van der Waals surface area contributed by atoms with E-state index in [1.54, 1.807) is 5.57 Å². The Morgan fingerprint density at radius 1 is 0.974 bits per heavy atom. The normalized spacial score (nSPS) is 37.8. The highest BCUT2D eigenvalue weighted by molar-refractivity contribution is 6.59. The maximum absolute atomic E-state index is 12.7. The standard InChI is InChI=1S/C34H51Cl3O2/c1-21(2)10-9-11-22(3)23-14-18-34(8)25-12-13-27-31(4,5)28(39-29(38)20-26(35)30(36)37)16-17-32(27,6)24(25)15-19-33(23,34)7/h10,22-23,27-28H,9,11-20H2,1-8H3/t22-,23-,27-,28+,32-,33-,34+/m1/s1. The molecule has 0 unspecified atom stereocenters. The lowest BCUT2D eigenvalue weighted by Gasteiger charge is -2.62. The van der Waals surface area contributed by atoms with Crippen molar-refractivity contribution in [3.05, 3.63) is 32.3 Å². The molecule has 0 saturated heterocycles. The van der Waals surface area contributed by atoms with E-state index >= 15 is 0 Å². The molecule has 0 bridgehead atoms. The van der Waals surface area contributed by atoms with Crippen LogP contribution in [0.2, 0.25) is 0 Å². The summed E-state index contributed by atoms with van der Waals surface area (Å²) in [6.07, 6.45) is 14.3. The summed E-state index contributed by atoms with van der Waals surface area (Å²) in [5.41, 5.74) is 5.79. The van der Waals surface area contributed by atoms with Crippen molar-refractivity contribution in [3.63, 3.8) is 0 Å². The van der Waals surface area contributed by atoms with Crippen LogP contribution in [-0.2, 0) is 9.53 Å². The van der Waals surface area contributed by atoms with E-state index in [9.17, 15) is 4.79 Å². The Morgan fingerprint density at radius 2 is 1.67 bits per heavy atom. The number of ether oxygens (including phenoxy) is 1. The van der Waals surface area contributed by atoms with Crippen LogP contribution < -0.4 is 0 Å². The van der Waals surface area contributed by atoms with E-state index in [1.165, 1.54) is 56.9 Å². The van der Waals surface area contributed by atoms with Gasteiger partial charge in [-0.15, -0.1) is 0 Å². The van der Waals surface area contributed by atoms with Gasteiger partial charge in [0.05, 0.1) is 11.5 Å². The van der Waals surface area contributed by atoms with Crippen molar-refractivity contribution < 1.29 is 9.53 Å². The van der Waals surface area contributed by atoms with Crippen LogP contribution in [0.3, 0.4) is 0 Å². The fourth-order valence-corrected chi connectivity index (χ4v) is 10.3. The number of fused-ring (bicyclic) bond motifs is 4. The highest BCUT2D eigenvalue weighted by Gasteiger charge is 2.63. The number of allylic oxidation sites excluding steroid dienone is 4. The second kappa shape index (κ2) is 11.3. The Hall–Kier alpha value is -0.440. The van der Waals surface area contributed by atoms with Crippen LogP contribution in [0.4, 0.5) is 0 Å². The molecule has 0 N–H and O–H groups in total. The van der Waals surface area contributed by atoms with Gasteiger partial charge in [-0.05, 0) is 112 Å². The molecule has 0 aromatic carbocycles. The van der Waals surface area contributed by atoms with E-state index in [0.29, 0.717) is 16.7 Å². The highest BCUT2D eigenvalue weighted by atomic mass is 35.5. The number of halogens is 3. The predicted octanol–water partition coefficient (Wildman–Crippen LogP) is 11.3. The molecule has 39 heavy (non-hydrogen) atoms. The van der Waals surface area contributed by atoms with E-state index in [1.807, 2.05) is 5.57 Å². The van der Waals surface area contributed by atoms with E-state index in [4.69, 9.17) is 39.5 Å². The van der Waals surface area contributed by atoms with Gasteiger partial charge in [0, 0.05) is 5.41 Å². The van der Waals surface area contributed by atoms with Crippen LogP contribution in [0, 0.1) is 39.4 Å². The summed E-state index contributed by atoms with van der Waals surface area (Å²) in [5.74, 6) is 1.73. The number of hydrogen-bond acceptors (Lipinski definition) is 2. The van der Waals surface area contributed by atoms with Crippen LogP contribution in [0.5, 0.6) is 0 Å². The molecule has 5 heteroatoms. The first-order chi connectivity index (χ1) is 18.1. The number of carbonyl (C=O) groups is 1. The minimum atomic E-state index is -0.340. The number of rotatable bonds is 7. The minimum Gasteiger partial charge on any atom is -0.462 e. The third-order valence-corrected chi connectivity index (χ3v) is 13.4. The fraction of sp³-hybridized carbons (Fsp3) is 0.794. The zero-order chi connectivity index (χ0) is 29.0. The van der Waals surface area contributed by atoms with E-state index < -0.39 is 0 Å². The average Bonchev–Trinajstić information content (AvgIpc) is 3.12. The Kier molecular flexibility index (Phi) is 9.15. The van der Waals surface area contributed by atoms with Gasteiger partial charge in [-0.3, -0.25) is 4.79 Å². The van der Waals surface area contributed by atoms with Gasteiger partial charge >= 0.3 is 5.97 Å². The van der Waals surface area contributed by atoms with Gasteiger partial charge in [-0.2, -0.15) is 0 Å². The van der Waals surface area contributed by atoms with Crippen LogP contribution in [0.15, 0.2) is 32.3 Å². The molecule has 0 radical (unpaired) electrons. The molecule has 220 valence electrons. The summed E-state index contributed by atoms with van der Waals surface area (Å²) in [4.78, 5) is 12.7. The third-order valence-electron chi connectivity index (χ3n) is 12.4. The smallest absolute Gasteiger partial charge is 0.311 e. The lowest BCUT2D eigenvalue weighted by atomic mass is 9.43. The Labute approximate surface area is 253 Å². The molecule has 4 rings (SSSR count). The molecular weight excluding hydrogens is 547 g/mol. The quantitative estimate of drug-likeness (QED) is 0.215. The zero-order valence-electron chi connectivity index (χ0n) is 25.6. The van der Waals surface area contributed by atoms with Crippen molar-refractivity contribution in [1.29, 1.82) is 0 Å². The zero-order valence-corrected chi connectivity index (χ0v) is 27.9. The molecule has 4 aliphatic rings. The SMILES string of the molecule is CC(C)=CCC[C@@H](C)[C@H]1CC[C@@]2(C)C3=C(CC[C@]12C)[C@@]1(C)CC[C@H](OC(=O)CC(Cl)=C(Cl)Cl)C(C)(C)[C@H]1CC3. The Bertz CT molecular complexity index is 1060. The largest absolute Gasteiger partial charge is 0.462 e. The van der Waals surface area contributed by atoms with E-state index in [2.05, 4.69) is 61.5 Å². The van der Waals surface area contributed by atoms with Gasteiger partial charge in [0.2, 0.25) is 0 Å². The highest BCUT2D eigenvalue weighted by Crippen LogP contribution is 2.72. The maximum atomic E-state index is 12.7. The minimum absolute atomic E-state index is 0.0647. The van der Waals surface area contributed by atoms with E-state index in [-0.39, 0.29) is 38.8 Å². The first-order valence-corrected chi connectivity index (χ1v) is 16.5. The summed E-state index contributed by atoms with van der Waals surface area (Å²) in [7, 11) is 0. The third kappa shape index (κ3) is 5.43. The molecule has 4 aliphatic carbocycles. The average molecular weight is 598 g/mol. The summed E-state index contributed by atoms with van der Waals surface area (Å²) in [6.45, 7) is 19.4. The molecular formula is C34H51Cl3O2. The first-order valence-electron chi connectivity index (χ1n) is 15.3. The number of hydrogen-bond donors (Lipinski definition) is 0. The lowest BCUT2D eigenvalue weighted by Crippen LogP contribution is -2.55. The molecule has 0 spiro atoms. The topological polar surface area (TPSA) is 26.3 Å². The summed E-state index contributed by atoms with van der Waals surface area (Å²) in [5, 5.41) is 0.147. The molecule has 0 heterocycles. The van der Waals surface area contributed by atoms with Crippen molar-refractivity contribution in [1.82, 2.24) is 0 Å². The molecule has 0 aromatic rings. The van der Waals surface area contributed by atoms with Gasteiger partial charge in [0.1, 0.15) is 10.6 Å². The molecule has 2 nitrogen and oxygen atoms in total. The second-order valence-electron chi connectivity index (χ2n) is 14.9. The van der Waals surface area contributed by atoms with Crippen molar-refractivity contribution in [2.45, 2.75) is 132 Å². The van der Waals surface area contributed by atoms with Gasteiger partial charge in [0.25, 0.3) is 0 Å². The molecule has 2 saturated carbocycles. The first kappa shape index (κ1) is 31.5. The fourth-order valence-electron chi connectivity index (χ4n) is 10.1. The van der Waals surface area contributed by atoms with Gasteiger partial charge in [0.15, 0.2) is 0 Å². The molecule has 7 atom stereocenters. The number of carbonyl (C=O) groups excluding carboxylic acids is 1. The summed E-state index contributed by atoms with van der Waals surface area (Å²) >= 11 is 17.6. The van der Waals surface area contributed by atoms with Crippen LogP contribution in [-0.4, -0.2) is 12.1 Å². The van der Waals surface area contributed by atoms with Crippen molar-refractivity contribution in [3.8, 4) is 0 Å².